The normalized spacial score (nSPS) is 12.0. The van der Waals surface area contributed by atoms with Crippen LogP contribution in [-0.4, -0.2) is 65.2 Å². The largest absolute Gasteiger partial charge is 0.414 e. The van der Waals surface area contributed by atoms with Gasteiger partial charge in [0.15, 0.2) is 0 Å². The number of nitrogens with one attached hydrogen (secondary N) is 2. The summed E-state index contributed by atoms with van der Waals surface area (Å²) < 4.78 is 24.4. The summed E-state index contributed by atoms with van der Waals surface area (Å²) in [6, 6.07) is 0. The van der Waals surface area contributed by atoms with E-state index in [2.05, 4.69) is 50.7 Å². The maximum Gasteiger partial charge on any atom is 0.413 e. The molecule has 350 valence electrons. The van der Waals surface area contributed by atoms with Crippen molar-refractivity contribution in [3.8, 4) is 0 Å². The Morgan fingerprint density at radius 1 is 0.373 bits per heavy atom. The first-order chi connectivity index (χ1) is 28.6. The Kier molecular flexibility index (Phi) is 43.6. The standard InChI is InChI=1S/C48H100N2O6Si3/c1-7-9-11-13-15-17-19-21-23-25-27-29-35-41-47(51)49-43-37-31-33-39-45-53-58(3,4)55-57-56-59(5,6)54-46-40-34-32-38-44-50-48(52)42-36-30-28-26-24-22-20-18-16-14-12-10-8-2/h7-46H2,1-6H3,(H,49,51)(H,50,52). The van der Waals surface area contributed by atoms with Gasteiger partial charge in [-0.1, -0.05) is 194 Å². The molecule has 0 unspecified atom stereocenters. The molecule has 0 bridgehead atoms. The van der Waals surface area contributed by atoms with E-state index in [1.165, 1.54) is 154 Å². The van der Waals surface area contributed by atoms with E-state index in [-0.39, 0.29) is 21.8 Å². The summed E-state index contributed by atoms with van der Waals surface area (Å²) in [5, 5.41) is 6.21. The van der Waals surface area contributed by atoms with Gasteiger partial charge in [0.05, 0.1) is 0 Å². The summed E-state index contributed by atoms with van der Waals surface area (Å²) in [5.41, 5.74) is 0. The molecule has 0 saturated heterocycles. The lowest BCUT2D eigenvalue weighted by molar-refractivity contribution is -0.122. The van der Waals surface area contributed by atoms with Crippen LogP contribution in [0.2, 0.25) is 26.2 Å². The van der Waals surface area contributed by atoms with Crippen LogP contribution < -0.4 is 10.6 Å². The molecule has 0 saturated carbocycles. The molecule has 0 spiro atoms. The summed E-state index contributed by atoms with van der Waals surface area (Å²) in [7, 11) is -4.56. The van der Waals surface area contributed by atoms with Crippen molar-refractivity contribution < 1.29 is 26.7 Å². The van der Waals surface area contributed by atoms with Crippen LogP contribution in [0.5, 0.6) is 0 Å². The van der Waals surface area contributed by atoms with Gasteiger partial charge in [0, 0.05) is 39.1 Å². The molecule has 0 aromatic heterocycles. The monoisotopic (exact) mass is 885 g/mol. The molecule has 8 nitrogen and oxygen atoms in total. The number of amides is 2. The van der Waals surface area contributed by atoms with E-state index in [0.29, 0.717) is 26.1 Å². The van der Waals surface area contributed by atoms with Gasteiger partial charge in [-0.25, -0.2) is 0 Å². The quantitative estimate of drug-likeness (QED) is 0.0467. The zero-order valence-electron chi connectivity index (χ0n) is 40.2. The molecule has 0 atom stereocenters. The number of rotatable bonds is 48. The minimum Gasteiger partial charge on any atom is -0.414 e. The van der Waals surface area contributed by atoms with Gasteiger partial charge in [0.2, 0.25) is 11.8 Å². The number of hydrogen-bond donors (Lipinski definition) is 2. The second kappa shape index (κ2) is 44.1. The maximum atomic E-state index is 12.2. The second-order valence-corrected chi connectivity index (χ2v) is 26.3. The van der Waals surface area contributed by atoms with Crippen molar-refractivity contribution in [3.05, 3.63) is 0 Å². The minimum atomic E-state index is -2.25. The molecule has 0 aromatic carbocycles. The van der Waals surface area contributed by atoms with Gasteiger partial charge < -0.3 is 27.7 Å². The average molecular weight is 886 g/mol. The third-order valence-corrected chi connectivity index (χ3v) is 17.7. The number of carbonyl (C=O) groups is 2. The van der Waals surface area contributed by atoms with E-state index in [9.17, 15) is 9.59 Å². The second-order valence-electron chi connectivity index (χ2n) is 18.3. The zero-order valence-corrected chi connectivity index (χ0v) is 43.2. The lowest BCUT2D eigenvalue weighted by atomic mass is 10.0. The number of unbranched alkanes of at least 4 members (excludes halogenated alkanes) is 30. The maximum absolute atomic E-state index is 12.2. The van der Waals surface area contributed by atoms with E-state index in [1.807, 2.05) is 0 Å². The predicted octanol–water partition coefficient (Wildman–Crippen LogP) is 14.3. The molecule has 0 aliphatic heterocycles. The molecule has 2 amide bonds. The number of hydrogen-bond acceptors (Lipinski definition) is 6. The van der Waals surface area contributed by atoms with Gasteiger partial charge in [-0.05, 0) is 64.7 Å². The summed E-state index contributed by atoms with van der Waals surface area (Å²) in [6.07, 6.45) is 44.4. The van der Waals surface area contributed by atoms with Crippen LogP contribution in [0.1, 0.15) is 245 Å². The molecule has 0 heterocycles. The lowest BCUT2D eigenvalue weighted by Gasteiger charge is -2.26. The highest BCUT2D eigenvalue weighted by molar-refractivity contribution is 6.72. The Hall–Kier alpha value is -0.569. The fourth-order valence-electron chi connectivity index (χ4n) is 7.32. The van der Waals surface area contributed by atoms with Crippen LogP contribution in [0.15, 0.2) is 0 Å². The third kappa shape index (κ3) is 46.8. The molecule has 59 heavy (non-hydrogen) atoms. The first-order valence-electron chi connectivity index (χ1n) is 25.5. The molecule has 0 aliphatic rings. The van der Waals surface area contributed by atoms with Crippen LogP contribution in [0.25, 0.3) is 0 Å². The van der Waals surface area contributed by atoms with Crippen molar-refractivity contribution in [1.29, 1.82) is 0 Å². The van der Waals surface area contributed by atoms with Crippen LogP contribution in [0.4, 0.5) is 0 Å². The topological polar surface area (TPSA) is 95.1 Å². The van der Waals surface area contributed by atoms with Crippen LogP contribution in [-0.2, 0) is 26.7 Å². The van der Waals surface area contributed by atoms with Crippen LogP contribution in [0.3, 0.4) is 0 Å². The average Bonchev–Trinajstić information content (AvgIpc) is 3.20. The molecular formula is C48H100N2O6Si3. The highest BCUT2D eigenvalue weighted by Gasteiger charge is 2.30. The first kappa shape index (κ1) is 58.4. The van der Waals surface area contributed by atoms with Gasteiger partial charge in [-0.15, -0.1) is 0 Å². The molecule has 0 fully saturated rings. The SMILES string of the molecule is CCCCCCCCCCCCCCCC(=O)NCCCCCCO[Si](C)(C)O[Si]O[Si](C)(C)OCCCCCCNC(=O)CCCCCCCCCCCCCCC. The summed E-state index contributed by atoms with van der Waals surface area (Å²) in [4.78, 5) is 24.4. The predicted molar refractivity (Wildman–Crippen MR) is 258 cm³/mol. The molecule has 2 radical (unpaired) electrons. The molecule has 11 heteroatoms. The third-order valence-electron chi connectivity index (χ3n) is 11.3. The van der Waals surface area contributed by atoms with Gasteiger partial charge in [0.25, 0.3) is 0 Å². The van der Waals surface area contributed by atoms with Crippen molar-refractivity contribution in [1.82, 2.24) is 10.6 Å². The Labute approximate surface area is 372 Å². The van der Waals surface area contributed by atoms with Crippen molar-refractivity contribution in [2.45, 2.75) is 271 Å². The van der Waals surface area contributed by atoms with Crippen LogP contribution >= 0.6 is 0 Å². The zero-order chi connectivity index (χ0) is 43.4. The Morgan fingerprint density at radius 3 is 0.932 bits per heavy atom. The van der Waals surface area contributed by atoms with Gasteiger partial charge in [-0.3, -0.25) is 9.59 Å². The first-order valence-corrected chi connectivity index (χ1v) is 32.0. The summed E-state index contributed by atoms with van der Waals surface area (Å²) in [5.74, 6) is 0.425. The summed E-state index contributed by atoms with van der Waals surface area (Å²) >= 11 is 0. The van der Waals surface area contributed by atoms with E-state index in [0.717, 1.165) is 77.3 Å². The van der Waals surface area contributed by atoms with Crippen molar-refractivity contribution in [3.63, 3.8) is 0 Å². The highest BCUT2D eigenvalue weighted by atomic mass is 28.4. The smallest absolute Gasteiger partial charge is 0.413 e. The molecule has 0 aliphatic carbocycles. The Bertz CT molecular complexity index is 844. The summed E-state index contributed by atoms with van der Waals surface area (Å²) in [6.45, 7) is 15.8. The highest BCUT2D eigenvalue weighted by Crippen LogP contribution is 2.16. The van der Waals surface area contributed by atoms with Crippen molar-refractivity contribution in [2.75, 3.05) is 26.3 Å². The molecule has 0 aromatic rings. The van der Waals surface area contributed by atoms with E-state index in [1.54, 1.807) is 0 Å². The fourth-order valence-corrected chi connectivity index (χ4v) is 11.2. The van der Waals surface area contributed by atoms with Gasteiger partial charge in [0.1, 0.15) is 0 Å². The van der Waals surface area contributed by atoms with Gasteiger partial charge in [-0.2, -0.15) is 0 Å². The molecule has 2 N–H and O–H groups in total. The Balaban J connectivity index is 3.56. The van der Waals surface area contributed by atoms with E-state index < -0.39 is 17.1 Å². The molecule has 0 rings (SSSR count). The van der Waals surface area contributed by atoms with Crippen molar-refractivity contribution in [2.24, 2.45) is 0 Å². The Morgan fingerprint density at radius 2 is 0.627 bits per heavy atom. The van der Waals surface area contributed by atoms with Crippen LogP contribution in [0, 0.1) is 0 Å². The van der Waals surface area contributed by atoms with Crippen molar-refractivity contribution >= 4 is 38.9 Å². The molecular weight excluding hydrogens is 785 g/mol. The number of carbonyl (C=O) groups excluding carboxylic acids is 2. The lowest BCUT2D eigenvalue weighted by Crippen LogP contribution is -2.42. The van der Waals surface area contributed by atoms with Gasteiger partial charge >= 0.3 is 27.1 Å². The van der Waals surface area contributed by atoms with E-state index in [4.69, 9.17) is 17.1 Å². The minimum absolute atomic E-state index is 0.0567. The fraction of sp³-hybridized carbons (Fsp3) is 0.958. The van der Waals surface area contributed by atoms with E-state index >= 15 is 0 Å².